The van der Waals surface area contributed by atoms with E-state index in [2.05, 4.69) is 25.1 Å². The predicted octanol–water partition coefficient (Wildman–Crippen LogP) is 0.781. The summed E-state index contributed by atoms with van der Waals surface area (Å²) in [4.78, 5) is 16.0. The third kappa shape index (κ3) is 3.43. The molecule has 2 aromatic heterocycles. The lowest BCUT2D eigenvalue weighted by molar-refractivity contribution is 0.327. The molecule has 0 saturated heterocycles. The van der Waals surface area contributed by atoms with E-state index in [-0.39, 0.29) is 5.69 Å². The van der Waals surface area contributed by atoms with Crippen molar-refractivity contribution in [2.24, 2.45) is 5.73 Å². The third-order valence-corrected chi connectivity index (χ3v) is 5.39. The molecule has 8 nitrogen and oxygen atoms in total. The second-order valence-corrected chi connectivity index (χ2v) is 7.65. The van der Waals surface area contributed by atoms with Crippen molar-refractivity contribution in [3.05, 3.63) is 39.6 Å². The minimum absolute atomic E-state index is 0.186. The fourth-order valence-electron chi connectivity index (χ4n) is 3.78. The molecule has 2 heterocycles. The van der Waals surface area contributed by atoms with Gasteiger partial charge in [0.05, 0.1) is 6.54 Å². The highest BCUT2D eigenvalue weighted by Crippen LogP contribution is 2.42. The molecule has 0 aliphatic heterocycles. The molecule has 26 heavy (non-hydrogen) atoms. The molecule has 140 valence electrons. The molecule has 0 bridgehead atoms. The fourth-order valence-corrected chi connectivity index (χ4v) is 3.78. The Kier molecular flexibility index (Phi) is 4.62. The number of hydrogen-bond donors (Lipinski definition) is 2. The lowest BCUT2D eigenvalue weighted by Gasteiger charge is -2.31. The average Bonchev–Trinajstić information content (AvgIpc) is 3.31. The van der Waals surface area contributed by atoms with Crippen LogP contribution in [-0.4, -0.2) is 36.9 Å². The summed E-state index contributed by atoms with van der Waals surface area (Å²) in [5.74, 6) is 2.57. The highest BCUT2D eigenvalue weighted by molar-refractivity contribution is 5.12. The zero-order valence-electron chi connectivity index (χ0n) is 15.5. The van der Waals surface area contributed by atoms with Crippen LogP contribution >= 0.6 is 0 Å². The van der Waals surface area contributed by atoms with Crippen molar-refractivity contribution in [2.45, 2.75) is 70.6 Å². The van der Waals surface area contributed by atoms with Crippen LogP contribution in [0.1, 0.15) is 60.7 Å². The summed E-state index contributed by atoms with van der Waals surface area (Å²) in [6.45, 7) is 5.73. The van der Waals surface area contributed by atoms with Gasteiger partial charge in [-0.25, -0.2) is 4.79 Å². The molecule has 0 spiro atoms. The first-order chi connectivity index (χ1) is 12.5. The van der Waals surface area contributed by atoms with E-state index in [1.54, 1.807) is 4.57 Å². The molecule has 0 unspecified atom stereocenters. The minimum atomic E-state index is -0.186. The van der Waals surface area contributed by atoms with Crippen molar-refractivity contribution in [3.63, 3.8) is 0 Å². The van der Waals surface area contributed by atoms with Crippen LogP contribution in [0.4, 0.5) is 0 Å². The van der Waals surface area contributed by atoms with Gasteiger partial charge in [-0.05, 0) is 45.6 Å². The van der Waals surface area contributed by atoms with Crippen molar-refractivity contribution >= 4 is 0 Å². The van der Waals surface area contributed by atoms with E-state index < -0.39 is 0 Å². The molecule has 0 amide bonds. The number of rotatable bonds is 7. The van der Waals surface area contributed by atoms with E-state index >= 15 is 0 Å². The van der Waals surface area contributed by atoms with Gasteiger partial charge in [0.15, 0.2) is 0 Å². The van der Waals surface area contributed by atoms with Gasteiger partial charge in [-0.1, -0.05) is 0 Å². The SMILES string of the molecule is Cc1cc(C)n(CCNCc2nnc(C3CC(N)C3)n2C2CC2)c(=O)n1. The van der Waals surface area contributed by atoms with E-state index in [4.69, 9.17) is 5.73 Å². The first-order valence-corrected chi connectivity index (χ1v) is 9.48. The Morgan fingerprint density at radius 3 is 2.69 bits per heavy atom. The van der Waals surface area contributed by atoms with Crippen LogP contribution in [0.15, 0.2) is 10.9 Å². The summed E-state index contributed by atoms with van der Waals surface area (Å²) in [6.07, 6.45) is 4.45. The summed E-state index contributed by atoms with van der Waals surface area (Å²) >= 11 is 0. The summed E-state index contributed by atoms with van der Waals surface area (Å²) in [5, 5.41) is 12.3. The molecular formula is C18H27N7O. The maximum absolute atomic E-state index is 12.0. The molecule has 2 fully saturated rings. The Hall–Kier alpha value is -2.06. The smallest absolute Gasteiger partial charge is 0.328 e. The zero-order valence-corrected chi connectivity index (χ0v) is 15.5. The monoisotopic (exact) mass is 357 g/mol. The van der Waals surface area contributed by atoms with E-state index in [9.17, 15) is 4.79 Å². The normalized spacial score (nSPS) is 22.4. The van der Waals surface area contributed by atoms with Crippen molar-refractivity contribution in [3.8, 4) is 0 Å². The zero-order chi connectivity index (χ0) is 18.3. The van der Waals surface area contributed by atoms with Crippen LogP contribution in [0.5, 0.6) is 0 Å². The quantitative estimate of drug-likeness (QED) is 0.710. The van der Waals surface area contributed by atoms with E-state index in [0.29, 0.717) is 37.6 Å². The molecule has 2 aliphatic rings. The van der Waals surface area contributed by atoms with Gasteiger partial charge in [0.1, 0.15) is 11.6 Å². The molecule has 2 aliphatic carbocycles. The van der Waals surface area contributed by atoms with Crippen LogP contribution in [0, 0.1) is 13.8 Å². The van der Waals surface area contributed by atoms with E-state index in [0.717, 1.165) is 35.9 Å². The van der Waals surface area contributed by atoms with Gasteiger partial charge in [0.25, 0.3) is 0 Å². The minimum Gasteiger partial charge on any atom is -0.328 e. The summed E-state index contributed by atoms with van der Waals surface area (Å²) in [5.41, 5.74) is 7.45. The Morgan fingerprint density at radius 2 is 2.04 bits per heavy atom. The second kappa shape index (κ2) is 6.92. The number of nitrogens with two attached hydrogens (primary N) is 1. The third-order valence-electron chi connectivity index (χ3n) is 5.39. The number of nitrogens with zero attached hydrogens (tertiary/aromatic N) is 5. The molecule has 8 heteroatoms. The largest absolute Gasteiger partial charge is 0.347 e. The molecule has 0 aromatic carbocycles. The fraction of sp³-hybridized carbons (Fsp3) is 0.667. The molecule has 0 radical (unpaired) electrons. The molecule has 2 aromatic rings. The van der Waals surface area contributed by atoms with Gasteiger partial charge < -0.3 is 15.6 Å². The maximum Gasteiger partial charge on any atom is 0.347 e. The number of hydrogen-bond acceptors (Lipinski definition) is 6. The lowest BCUT2D eigenvalue weighted by Crippen LogP contribution is -2.36. The highest BCUT2D eigenvalue weighted by atomic mass is 16.1. The topological polar surface area (TPSA) is 104 Å². The van der Waals surface area contributed by atoms with Crippen molar-refractivity contribution in [1.82, 2.24) is 29.6 Å². The van der Waals surface area contributed by atoms with Gasteiger partial charge in [0.2, 0.25) is 0 Å². The van der Waals surface area contributed by atoms with E-state index in [1.165, 1.54) is 12.8 Å². The maximum atomic E-state index is 12.0. The van der Waals surface area contributed by atoms with Crippen molar-refractivity contribution in [2.75, 3.05) is 6.54 Å². The van der Waals surface area contributed by atoms with Crippen LogP contribution in [0.25, 0.3) is 0 Å². The predicted molar refractivity (Wildman–Crippen MR) is 97.9 cm³/mol. The van der Waals surface area contributed by atoms with Gasteiger partial charge in [-0.3, -0.25) is 4.57 Å². The Bertz CT molecular complexity index is 846. The van der Waals surface area contributed by atoms with Gasteiger partial charge in [-0.2, -0.15) is 4.98 Å². The molecule has 0 atom stereocenters. The average molecular weight is 357 g/mol. The summed E-state index contributed by atoms with van der Waals surface area (Å²) < 4.78 is 4.03. The van der Waals surface area contributed by atoms with Crippen molar-refractivity contribution < 1.29 is 0 Å². The van der Waals surface area contributed by atoms with Gasteiger partial charge >= 0.3 is 5.69 Å². The molecule has 4 rings (SSSR count). The number of aryl methyl sites for hydroxylation is 2. The lowest BCUT2D eigenvalue weighted by atomic mass is 9.80. The van der Waals surface area contributed by atoms with Crippen LogP contribution in [0.3, 0.4) is 0 Å². The molecular weight excluding hydrogens is 330 g/mol. The van der Waals surface area contributed by atoms with E-state index in [1.807, 2.05) is 19.9 Å². The molecule has 3 N–H and O–H groups in total. The first-order valence-electron chi connectivity index (χ1n) is 9.48. The van der Waals surface area contributed by atoms with Gasteiger partial charge in [0, 0.05) is 42.5 Å². The standard InChI is InChI=1S/C18H27N7O/c1-11-7-12(2)24(18(26)21-11)6-5-20-10-16-22-23-17(13-8-14(19)9-13)25(16)15-3-4-15/h7,13-15,20H,3-6,8-10,19H2,1-2H3. The van der Waals surface area contributed by atoms with Gasteiger partial charge in [-0.15, -0.1) is 10.2 Å². The molecule has 2 saturated carbocycles. The Labute approximate surface area is 152 Å². The summed E-state index contributed by atoms with van der Waals surface area (Å²) in [7, 11) is 0. The number of aromatic nitrogens is 5. The first kappa shape index (κ1) is 17.4. The Morgan fingerprint density at radius 1 is 1.27 bits per heavy atom. The Balaban J connectivity index is 1.38. The van der Waals surface area contributed by atoms with Crippen molar-refractivity contribution in [1.29, 1.82) is 0 Å². The van der Waals surface area contributed by atoms with Crippen LogP contribution in [-0.2, 0) is 13.1 Å². The van der Waals surface area contributed by atoms with Crippen LogP contribution in [0.2, 0.25) is 0 Å². The summed E-state index contributed by atoms with van der Waals surface area (Å²) in [6, 6.07) is 2.80. The highest BCUT2D eigenvalue weighted by Gasteiger charge is 2.36. The second-order valence-electron chi connectivity index (χ2n) is 7.65. The van der Waals surface area contributed by atoms with Crippen LogP contribution < -0.4 is 16.7 Å². The number of nitrogens with one attached hydrogen (secondary N) is 1.